The molecule has 1 fully saturated rings. The van der Waals surface area contributed by atoms with Gasteiger partial charge in [0.15, 0.2) is 0 Å². The molecule has 1 saturated heterocycles. The van der Waals surface area contributed by atoms with Gasteiger partial charge in [-0.15, -0.1) is 0 Å². The van der Waals surface area contributed by atoms with Crippen LogP contribution in [0.4, 0.5) is 0 Å². The third kappa shape index (κ3) is 3.24. The van der Waals surface area contributed by atoms with E-state index in [1.165, 1.54) is 0 Å². The lowest BCUT2D eigenvalue weighted by molar-refractivity contribution is 0.0719. The molecule has 0 aromatic heterocycles. The fourth-order valence-electron chi connectivity index (χ4n) is 1.57. The summed E-state index contributed by atoms with van der Waals surface area (Å²) >= 11 is 0. The maximum Gasteiger partial charge on any atom is 0.111 e. The second kappa shape index (κ2) is 6.40. The van der Waals surface area contributed by atoms with Crippen LogP contribution in [-0.2, 0) is 14.2 Å². The monoisotopic (exact) mass is 199 g/mol. The van der Waals surface area contributed by atoms with E-state index in [1.54, 1.807) is 14.2 Å². The maximum absolute atomic E-state index is 5.76. The first-order chi connectivity index (χ1) is 6.79. The van der Waals surface area contributed by atoms with Gasteiger partial charge in [0.2, 0.25) is 0 Å². The van der Waals surface area contributed by atoms with E-state index in [9.17, 15) is 0 Å². The quantitative estimate of drug-likeness (QED) is 0.463. The van der Waals surface area contributed by atoms with Crippen LogP contribution < -0.4 is 5.32 Å². The highest BCUT2D eigenvalue weighted by Gasteiger charge is 2.33. The summed E-state index contributed by atoms with van der Waals surface area (Å²) in [6.07, 6.45) is 1.03. The minimum Gasteiger partial charge on any atom is -0.385 e. The van der Waals surface area contributed by atoms with Crippen LogP contribution >= 0.6 is 0 Å². The average molecular weight is 199 g/mol. The molecule has 5 heteroatoms. The molecule has 1 unspecified atom stereocenters. The van der Waals surface area contributed by atoms with Gasteiger partial charge < -0.3 is 19.5 Å². The van der Waals surface area contributed by atoms with Crippen molar-refractivity contribution in [2.24, 2.45) is 0 Å². The highest BCUT2D eigenvalue weighted by molar-refractivity contribution is 6.11. The van der Waals surface area contributed by atoms with Crippen molar-refractivity contribution < 1.29 is 14.2 Å². The maximum atomic E-state index is 5.76. The number of hydrogen-bond acceptors (Lipinski definition) is 4. The fourth-order valence-corrected chi connectivity index (χ4v) is 1.57. The van der Waals surface area contributed by atoms with Gasteiger partial charge in [-0.2, -0.15) is 0 Å². The molecule has 0 amide bonds. The lowest BCUT2D eigenvalue weighted by atomic mass is 9.91. The van der Waals surface area contributed by atoms with Crippen LogP contribution in [0.3, 0.4) is 0 Å². The van der Waals surface area contributed by atoms with Gasteiger partial charge in [-0.25, -0.2) is 0 Å². The van der Waals surface area contributed by atoms with Crippen LogP contribution in [0.25, 0.3) is 0 Å². The summed E-state index contributed by atoms with van der Waals surface area (Å²) in [5.74, 6) is 0. The molecule has 0 aromatic rings. The lowest BCUT2D eigenvalue weighted by Crippen LogP contribution is -2.45. The first-order valence-electron chi connectivity index (χ1n) is 4.92. The molecule has 1 rings (SSSR count). The zero-order chi connectivity index (χ0) is 10.4. The molecule has 3 atom stereocenters. The smallest absolute Gasteiger partial charge is 0.111 e. The Kier molecular flexibility index (Phi) is 5.48. The second-order valence-electron chi connectivity index (χ2n) is 3.40. The van der Waals surface area contributed by atoms with Crippen molar-refractivity contribution in [3.05, 3.63) is 0 Å². The van der Waals surface area contributed by atoms with E-state index < -0.39 is 0 Å². The highest BCUT2D eigenvalue weighted by Crippen LogP contribution is 2.14. The largest absolute Gasteiger partial charge is 0.385 e. The number of nitrogens with one attached hydrogen (secondary N) is 1. The Morgan fingerprint density at radius 1 is 1.50 bits per heavy atom. The van der Waals surface area contributed by atoms with Gasteiger partial charge in [0, 0.05) is 26.8 Å². The van der Waals surface area contributed by atoms with Gasteiger partial charge in [0.1, 0.15) is 7.85 Å². The van der Waals surface area contributed by atoms with Crippen molar-refractivity contribution in [1.29, 1.82) is 0 Å². The number of ether oxygens (including phenoxy) is 3. The molecule has 0 aromatic carbocycles. The Morgan fingerprint density at radius 2 is 2.29 bits per heavy atom. The first kappa shape index (κ1) is 12.0. The zero-order valence-corrected chi connectivity index (χ0v) is 8.86. The average Bonchev–Trinajstić information content (AvgIpc) is 2.55. The van der Waals surface area contributed by atoms with E-state index in [0.717, 1.165) is 19.6 Å². The molecule has 1 heterocycles. The Labute approximate surface area is 86.7 Å². The van der Waals surface area contributed by atoms with Crippen LogP contribution in [0, 0.1) is 0 Å². The van der Waals surface area contributed by atoms with Crippen LogP contribution in [0.15, 0.2) is 0 Å². The molecule has 14 heavy (non-hydrogen) atoms. The van der Waals surface area contributed by atoms with Gasteiger partial charge in [-0.05, 0) is 13.0 Å². The number of methoxy groups -OCH3 is 2. The SMILES string of the molecule is [B][C@@H]1OC[C@@H](OC)C1NCCCOC. The summed E-state index contributed by atoms with van der Waals surface area (Å²) in [5, 5.41) is 3.31. The minimum absolute atomic E-state index is 0.0625. The van der Waals surface area contributed by atoms with E-state index >= 15 is 0 Å². The van der Waals surface area contributed by atoms with Crippen LogP contribution in [0.1, 0.15) is 6.42 Å². The molecule has 0 saturated carbocycles. The Morgan fingerprint density at radius 3 is 2.93 bits per heavy atom. The Hall–Kier alpha value is -0.0951. The standard InChI is InChI=1S/C9H18BNO3/c1-12-5-3-4-11-8-7(13-2)6-14-9(8)10/h7-9,11H,3-6H2,1-2H3/t7-,8?,9-/m1/s1. The van der Waals surface area contributed by atoms with Gasteiger partial charge in [0.05, 0.1) is 18.8 Å². The van der Waals surface area contributed by atoms with Crippen LogP contribution in [-0.4, -0.2) is 60.0 Å². The summed E-state index contributed by atoms with van der Waals surface area (Å²) in [4.78, 5) is 0. The molecule has 1 N–H and O–H groups in total. The fraction of sp³-hybridized carbons (Fsp3) is 1.00. The van der Waals surface area contributed by atoms with Crippen molar-refractivity contribution in [1.82, 2.24) is 5.32 Å². The summed E-state index contributed by atoms with van der Waals surface area (Å²) in [6.45, 7) is 2.20. The molecule has 1 aliphatic heterocycles. The lowest BCUT2D eigenvalue weighted by Gasteiger charge is -2.21. The normalized spacial score (nSPS) is 32.3. The zero-order valence-electron chi connectivity index (χ0n) is 8.86. The molecular formula is C9H18BNO3. The van der Waals surface area contributed by atoms with Gasteiger partial charge in [-0.1, -0.05) is 0 Å². The van der Waals surface area contributed by atoms with Crippen molar-refractivity contribution in [2.75, 3.05) is 34.0 Å². The third-order valence-electron chi connectivity index (χ3n) is 2.42. The predicted octanol–water partition coefficient (Wildman–Crippen LogP) is -0.479. The van der Waals surface area contributed by atoms with Crippen LogP contribution in [0.5, 0.6) is 0 Å². The molecule has 0 bridgehead atoms. The van der Waals surface area contributed by atoms with E-state index in [1.807, 2.05) is 0 Å². The van der Waals surface area contributed by atoms with Crippen LogP contribution in [0.2, 0.25) is 0 Å². The molecule has 2 radical (unpaired) electrons. The molecule has 1 aliphatic rings. The van der Waals surface area contributed by atoms with E-state index in [0.29, 0.717) is 6.61 Å². The third-order valence-corrected chi connectivity index (χ3v) is 2.42. The highest BCUT2D eigenvalue weighted by atomic mass is 16.5. The van der Waals surface area contributed by atoms with Gasteiger partial charge in [-0.3, -0.25) is 0 Å². The molecule has 4 nitrogen and oxygen atoms in total. The molecule has 0 aliphatic carbocycles. The predicted molar refractivity (Wildman–Crippen MR) is 54.6 cm³/mol. The van der Waals surface area contributed by atoms with E-state index in [2.05, 4.69) is 5.32 Å². The Balaban J connectivity index is 2.19. The topological polar surface area (TPSA) is 39.7 Å². The van der Waals surface area contributed by atoms with Gasteiger partial charge in [0.25, 0.3) is 0 Å². The Bertz CT molecular complexity index is 159. The number of hydrogen-bond donors (Lipinski definition) is 1. The summed E-state index contributed by atoms with van der Waals surface area (Å²) in [6, 6.07) is -0.167. The van der Waals surface area contributed by atoms with E-state index in [-0.39, 0.29) is 18.1 Å². The molecule has 80 valence electrons. The van der Waals surface area contributed by atoms with Crippen molar-refractivity contribution in [2.45, 2.75) is 24.6 Å². The summed E-state index contributed by atoms with van der Waals surface area (Å²) in [7, 11) is 9.14. The van der Waals surface area contributed by atoms with E-state index in [4.69, 9.17) is 22.1 Å². The first-order valence-corrected chi connectivity index (χ1v) is 4.92. The minimum atomic E-state index is -0.262. The molecular weight excluding hydrogens is 181 g/mol. The second-order valence-corrected chi connectivity index (χ2v) is 3.40. The summed E-state index contributed by atoms with van der Waals surface area (Å²) in [5.41, 5.74) is 0. The van der Waals surface area contributed by atoms with Crippen molar-refractivity contribution in [3.8, 4) is 0 Å². The molecule has 0 spiro atoms. The van der Waals surface area contributed by atoms with Crippen molar-refractivity contribution >= 4 is 7.85 Å². The van der Waals surface area contributed by atoms with Crippen molar-refractivity contribution in [3.63, 3.8) is 0 Å². The summed E-state index contributed by atoms with van der Waals surface area (Å²) < 4.78 is 15.5. The van der Waals surface area contributed by atoms with Gasteiger partial charge >= 0.3 is 0 Å². The number of rotatable bonds is 6.